The van der Waals surface area contributed by atoms with Crippen molar-refractivity contribution < 1.29 is 0 Å². The van der Waals surface area contributed by atoms with Crippen molar-refractivity contribution in [2.45, 2.75) is 58.5 Å². The van der Waals surface area contributed by atoms with Gasteiger partial charge >= 0.3 is 0 Å². The van der Waals surface area contributed by atoms with Gasteiger partial charge in [0.2, 0.25) is 0 Å². The molecule has 0 aromatic carbocycles. The maximum absolute atomic E-state index is 6.45. The van der Waals surface area contributed by atoms with Gasteiger partial charge in [0.25, 0.3) is 0 Å². The van der Waals surface area contributed by atoms with Crippen molar-refractivity contribution in [1.29, 1.82) is 0 Å². The summed E-state index contributed by atoms with van der Waals surface area (Å²) in [4.78, 5) is 0. The van der Waals surface area contributed by atoms with Crippen LogP contribution >= 0.6 is 0 Å². The van der Waals surface area contributed by atoms with Gasteiger partial charge in [0, 0.05) is 12.7 Å². The summed E-state index contributed by atoms with van der Waals surface area (Å²) in [6.07, 6.45) is 8.15. The molecule has 0 bridgehead atoms. The van der Waals surface area contributed by atoms with E-state index in [-0.39, 0.29) is 11.5 Å². The Bertz CT molecular complexity index is 337. The molecule has 1 aromatic heterocycles. The Morgan fingerprint density at radius 1 is 1.50 bits per heavy atom. The monoisotopic (exact) mass is 221 g/mol. The lowest BCUT2D eigenvalue weighted by Gasteiger charge is -2.31. The van der Waals surface area contributed by atoms with Crippen LogP contribution in [0.15, 0.2) is 12.3 Å². The molecule has 0 spiro atoms. The average Bonchev–Trinajstić information content (AvgIpc) is 2.88. The molecule has 1 aliphatic rings. The van der Waals surface area contributed by atoms with Gasteiger partial charge in [-0.15, -0.1) is 0 Å². The van der Waals surface area contributed by atoms with E-state index in [0.717, 1.165) is 13.0 Å². The fourth-order valence-electron chi connectivity index (χ4n) is 2.86. The van der Waals surface area contributed by atoms with Crippen LogP contribution in [0.1, 0.15) is 57.7 Å². The molecule has 1 saturated carbocycles. The first-order valence-electron chi connectivity index (χ1n) is 6.44. The molecule has 2 rings (SSSR count). The zero-order chi connectivity index (χ0) is 11.6. The van der Waals surface area contributed by atoms with Gasteiger partial charge in [-0.25, -0.2) is 0 Å². The van der Waals surface area contributed by atoms with Crippen LogP contribution in [0.4, 0.5) is 0 Å². The molecular formula is C13H23N3. The van der Waals surface area contributed by atoms with E-state index in [0.29, 0.717) is 0 Å². The van der Waals surface area contributed by atoms with E-state index in [1.165, 1.54) is 31.4 Å². The molecule has 0 amide bonds. The Morgan fingerprint density at radius 2 is 2.19 bits per heavy atom. The molecule has 90 valence electrons. The van der Waals surface area contributed by atoms with E-state index in [2.05, 4.69) is 29.7 Å². The van der Waals surface area contributed by atoms with Gasteiger partial charge in [0.15, 0.2) is 0 Å². The third-order valence-corrected chi connectivity index (χ3v) is 4.00. The standard InChI is InChI=1S/C13H23N3/c1-3-10-16-11(6-9-15-16)12(14)13(2)7-4-5-8-13/h6,9,12H,3-5,7-8,10,14H2,1-2H3. The van der Waals surface area contributed by atoms with Crippen molar-refractivity contribution in [1.82, 2.24) is 9.78 Å². The first kappa shape index (κ1) is 11.6. The largest absolute Gasteiger partial charge is 0.322 e. The molecule has 2 N–H and O–H groups in total. The SMILES string of the molecule is CCCn1nccc1C(N)C1(C)CCCC1. The van der Waals surface area contributed by atoms with E-state index in [9.17, 15) is 0 Å². The summed E-state index contributed by atoms with van der Waals surface area (Å²) in [5.41, 5.74) is 7.95. The topological polar surface area (TPSA) is 43.8 Å². The number of hydrogen-bond acceptors (Lipinski definition) is 2. The molecular weight excluding hydrogens is 198 g/mol. The first-order valence-corrected chi connectivity index (χ1v) is 6.44. The fraction of sp³-hybridized carbons (Fsp3) is 0.769. The molecule has 1 unspecified atom stereocenters. The molecule has 1 aliphatic carbocycles. The number of nitrogens with two attached hydrogens (primary N) is 1. The van der Waals surface area contributed by atoms with Gasteiger partial charge in [-0.3, -0.25) is 4.68 Å². The van der Waals surface area contributed by atoms with Gasteiger partial charge < -0.3 is 5.73 Å². The lowest BCUT2D eigenvalue weighted by Crippen LogP contribution is -2.31. The van der Waals surface area contributed by atoms with Gasteiger partial charge in [0.1, 0.15) is 0 Å². The fourth-order valence-corrected chi connectivity index (χ4v) is 2.86. The van der Waals surface area contributed by atoms with Gasteiger partial charge in [0.05, 0.1) is 11.7 Å². The average molecular weight is 221 g/mol. The zero-order valence-electron chi connectivity index (χ0n) is 10.4. The maximum atomic E-state index is 6.45. The van der Waals surface area contributed by atoms with Crippen LogP contribution in [0, 0.1) is 5.41 Å². The zero-order valence-corrected chi connectivity index (χ0v) is 10.4. The van der Waals surface area contributed by atoms with Crippen molar-refractivity contribution in [3.8, 4) is 0 Å². The molecule has 1 heterocycles. The van der Waals surface area contributed by atoms with Crippen LogP contribution in [0.2, 0.25) is 0 Å². The number of aromatic nitrogens is 2. The predicted octanol–water partition coefficient (Wildman–Crippen LogP) is 2.87. The number of hydrogen-bond donors (Lipinski definition) is 1. The van der Waals surface area contributed by atoms with E-state index >= 15 is 0 Å². The lowest BCUT2D eigenvalue weighted by molar-refractivity contribution is 0.253. The van der Waals surface area contributed by atoms with Gasteiger partial charge in [-0.2, -0.15) is 5.10 Å². The number of nitrogens with zero attached hydrogens (tertiary/aromatic N) is 2. The Kier molecular flexibility index (Phi) is 3.33. The van der Waals surface area contributed by atoms with Crippen LogP contribution in [-0.4, -0.2) is 9.78 Å². The number of rotatable bonds is 4. The molecule has 0 aliphatic heterocycles. The summed E-state index contributed by atoms with van der Waals surface area (Å²) >= 11 is 0. The number of aryl methyl sites for hydroxylation is 1. The second-order valence-corrected chi connectivity index (χ2v) is 5.32. The maximum Gasteiger partial charge on any atom is 0.0556 e. The van der Waals surface area contributed by atoms with Crippen LogP contribution in [0.25, 0.3) is 0 Å². The van der Waals surface area contributed by atoms with Crippen LogP contribution in [-0.2, 0) is 6.54 Å². The van der Waals surface area contributed by atoms with Crippen molar-refractivity contribution in [2.75, 3.05) is 0 Å². The molecule has 16 heavy (non-hydrogen) atoms. The Hall–Kier alpha value is -0.830. The lowest BCUT2D eigenvalue weighted by atomic mass is 9.79. The third-order valence-electron chi connectivity index (χ3n) is 4.00. The van der Waals surface area contributed by atoms with Gasteiger partial charge in [-0.1, -0.05) is 26.7 Å². The second-order valence-electron chi connectivity index (χ2n) is 5.32. The predicted molar refractivity (Wildman–Crippen MR) is 66.0 cm³/mol. The Morgan fingerprint density at radius 3 is 2.81 bits per heavy atom. The van der Waals surface area contributed by atoms with E-state index in [4.69, 9.17) is 5.73 Å². The molecule has 1 fully saturated rings. The van der Waals surface area contributed by atoms with Crippen LogP contribution in [0.3, 0.4) is 0 Å². The minimum atomic E-state index is 0.143. The summed E-state index contributed by atoms with van der Waals surface area (Å²) in [5.74, 6) is 0. The van der Waals surface area contributed by atoms with E-state index in [1.54, 1.807) is 0 Å². The minimum absolute atomic E-state index is 0.143. The Labute approximate surface area is 98.0 Å². The van der Waals surface area contributed by atoms with Crippen LogP contribution in [0.5, 0.6) is 0 Å². The summed E-state index contributed by atoms with van der Waals surface area (Å²) < 4.78 is 2.08. The molecule has 0 radical (unpaired) electrons. The van der Waals surface area contributed by atoms with E-state index < -0.39 is 0 Å². The normalized spacial score (nSPS) is 21.2. The first-order chi connectivity index (χ1) is 7.67. The van der Waals surface area contributed by atoms with Crippen molar-refractivity contribution in [2.24, 2.45) is 11.1 Å². The summed E-state index contributed by atoms with van der Waals surface area (Å²) in [6, 6.07) is 2.23. The minimum Gasteiger partial charge on any atom is -0.322 e. The van der Waals surface area contributed by atoms with E-state index in [1.807, 2.05) is 6.20 Å². The highest BCUT2D eigenvalue weighted by molar-refractivity contribution is 5.11. The molecule has 1 aromatic rings. The Balaban J connectivity index is 2.19. The summed E-state index contributed by atoms with van der Waals surface area (Å²) in [7, 11) is 0. The van der Waals surface area contributed by atoms with Gasteiger partial charge in [-0.05, 0) is 30.7 Å². The highest BCUT2D eigenvalue weighted by Crippen LogP contribution is 2.45. The van der Waals surface area contributed by atoms with Crippen LogP contribution < -0.4 is 5.73 Å². The summed E-state index contributed by atoms with van der Waals surface area (Å²) in [6.45, 7) is 5.48. The highest BCUT2D eigenvalue weighted by atomic mass is 15.3. The molecule has 1 atom stereocenters. The van der Waals surface area contributed by atoms with Crippen molar-refractivity contribution >= 4 is 0 Å². The molecule has 0 saturated heterocycles. The quantitative estimate of drug-likeness (QED) is 0.849. The van der Waals surface area contributed by atoms with Crippen molar-refractivity contribution in [3.63, 3.8) is 0 Å². The highest BCUT2D eigenvalue weighted by Gasteiger charge is 2.36. The molecule has 3 nitrogen and oxygen atoms in total. The summed E-state index contributed by atoms with van der Waals surface area (Å²) in [5, 5.41) is 4.37. The smallest absolute Gasteiger partial charge is 0.0556 e. The third kappa shape index (κ3) is 2.01. The molecule has 3 heteroatoms. The van der Waals surface area contributed by atoms with Crippen molar-refractivity contribution in [3.05, 3.63) is 18.0 Å². The second kappa shape index (κ2) is 4.58.